The highest BCUT2D eigenvalue weighted by Crippen LogP contribution is 2.32. The zero-order valence-corrected chi connectivity index (χ0v) is 14.9. The molecule has 0 aliphatic carbocycles. The minimum absolute atomic E-state index is 0.0572. The zero-order chi connectivity index (χ0) is 17.2. The number of hydrogen-bond donors (Lipinski definition) is 1. The third kappa shape index (κ3) is 3.72. The Bertz CT molecular complexity index is 855. The topological polar surface area (TPSA) is 71.3 Å². The van der Waals surface area contributed by atoms with Crippen LogP contribution in [-0.2, 0) is 4.79 Å². The van der Waals surface area contributed by atoms with E-state index in [0.29, 0.717) is 24.0 Å². The summed E-state index contributed by atoms with van der Waals surface area (Å²) in [6, 6.07) is 9.97. The first-order valence-electron chi connectivity index (χ1n) is 8.48. The highest BCUT2D eigenvalue weighted by atomic mass is 32.1. The van der Waals surface area contributed by atoms with E-state index in [9.17, 15) is 4.79 Å². The Morgan fingerprint density at radius 2 is 2.32 bits per heavy atom. The molecule has 1 amide bonds. The summed E-state index contributed by atoms with van der Waals surface area (Å²) in [6.07, 6.45) is 2.21. The number of carbonyl (C=O) groups is 1. The Labute approximate surface area is 149 Å². The van der Waals surface area contributed by atoms with Gasteiger partial charge in [-0.25, -0.2) is 4.98 Å². The van der Waals surface area contributed by atoms with E-state index in [4.69, 9.17) is 9.51 Å². The maximum atomic E-state index is 12.2. The van der Waals surface area contributed by atoms with Gasteiger partial charge in [-0.3, -0.25) is 9.69 Å². The predicted octanol–water partition coefficient (Wildman–Crippen LogP) is 3.41. The molecule has 0 saturated carbocycles. The van der Waals surface area contributed by atoms with Gasteiger partial charge in [-0.1, -0.05) is 17.3 Å². The second kappa shape index (κ2) is 6.93. The summed E-state index contributed by atoms with van der Waals surface area (Å²) in [6.45, 7) is 3.97. The monoisotopic (exact) mass is 356 g/mol. The van der Waals surface area contributed by atoms with E-state index in [1.807, 2.05) is 12.1 Å². The highest BCUT2D eigenvalue weighted by molar-refractivity contribution is 7.18. The fourth-order valence-electron chi connectivity index (χ4n) is 3.28. The zero-order valence-electron chi connectivity index (χ0n) is 14.1. The second-order valence-corrected chi connectivity index (χ2v) is 7.53. The van der Waals surface area contributed by atoms with E-state index in [-0.39, 0.29) is 5.91 Å². The lowest BCUT2D eigenvalue weighted by Gasteiger charge is -2.31. The van der Waals surface area contributed by atoms with E-state index in [1.165, 1.54) is 9.71 Å². The lowest BCUT2D eigenvalue weighted by atomic mass is 9.99. The van der Waals surface area contributed by atoms with Crippen LogP contribution in [0.1, 0.15) is 29.5 Å². The first-order chi connectivity index (χ1) is 12.2. The standard InChI is InChI=1S/C18H20N4O2S/c1-12-9-16(21-24-12)20-17(23)11-22-8-4-5-13(10-22)18-19-14-6-2-3-7-15(14)25-18/h2-3,6-7,9,13H,4-5,8,10-11H2,1H3,(H,20,21,23)/t13-/m1/s1. The molecule has 0 radical (unpaired) electrons. The maximum absolute atomic E-state index is 12.2. The highest BCUT2D eigenvalue weighted by Gasteiger charge is 2.25. The third-order valence-corrected chi connectivity index (χ3v) is 5.63. The number of benzene rings is 1. The molecular formula is C18H20N4O2S. The van der Waals surface area contributed by atoms with Gasteiger partial charge in [0.1, 0.15) is 5.76 Å². The Kier molecular flexibility index (Phi) is 4.50. The molecule has 1 atom stereocenters. The maximum Gasteiger partial charge on any atom is 0.239 e. The summed E-state index contributed by atoms with van der Waals surface area (Å²) >= 11 is 1.77. The van der Waals surface area contributed by atoms with E-state index >= 15 is 0 Å². The van der Waals surface area contributed by atoms with Gasteiger partial charge >= 0.3 is 0 Å². The quantitative estimate of drug-likeness (QED) is 0.776. The van der Waals surface area contributed by atoms with Gasteiger partial charge in [0.25, 0.3) is 0 Å². The number of aromatic nitrogens is 2. The lowest BCUT2D eigenvalue weighted by molar-refractivity contribution is -0.117. The van der Waals surface area contributed by atoms with Crippen molar-refractivity contribution in [1.82, 2.24) is 15.0 Å². The average molecular weight is 356 g/mol. The normalized spacial score (nSPS) is 18.5. The van der Waals surface area contributed by atoms with Gasteiger partial charge in [0.15, 0.2) is 5.82 Å². The summed E-state index contributed by atoms with van der Waals surface area (Å²) in [5.74, 6) is 1.50. The predicted molar refractivity (Wildman–Crippen MR) is 97.9 cm³/mol. The molecule has 6 nitrogen and oxygen atoms in total. The molecule has 1 fully saturated rings. The van der Waals surface area contributed by atoms with Crippen LogP contribution in [0.25, 0.3) is 10.2 Å². The number of anilines is 1. The van der Waals surface area contributed by atoms with Crippen LogP contribution >= 0.6 is 11.3 Å². The number of thiazole rings is 1. The largest absolute Gasteiger partial charge is 0.360 e. The molecule has 7 heteroatoms. The lowest BCUT2D eigenvalue weighted by Crippen LogP contribution is -2.39. The van der Waals surface area contributed by atoms with Crippen LogP contribution < -0.4 is 5.32 Å². The van der Waals surface area contributed by atoms with Crippen molar-refractivity contribution in [2.24, 2.45) is 0 Å². The van der Waals surface area contributed by atoms with Gasteiger partial charge in [-0.2, -0.15) is 0 Å². The van der Waals surface area contributed by atoms with Crippen molar-refractivity contribution < 1.29 is 9.32 Å². The van der Waals surface area contributed by atoms with Crippen molar-refractivity contribution in [3.05, 3.63) is 41.1 Å². The molecule has 3 heterocycles. The Morgan fingerprint density at radius 1 is 1.44 bits per heavy atom. The van der Waals surface area contributed by atoms with Crippen LogP contribution in [-0.4, -0.2) is 40.6 Å². The van der Waals surface area contributed by atoms with E-state index in [0.717, 1.165) is 31.4 Å². The molecule has 4 rings (SSSR count). The van der Waals surface area contributed by atoms with E-state index in [1.54, 1.807) is 24.3 Å². The number of carbonyl (C=O) groups excluding carboxylic acids is 1. The number of nitrogens with one attached hydrogen (secondary N) is 1. The molecule has 1 saturated heterocycles. The molecule has 2 aromatic heterocycles. The first-order valence-corrected chi connectivity index (χ1v) is 9.30. The fourth-order valence-corrected chi connectivity index (χ4v) is 4.37. The van der Waals surface area contributed by atoms with Crippen molar-refractivity contribution in [3.63, 3.8) is 0 Å². The molecule has 0 bridgehead atoms. The molecule has 1 N–H and O–H groups in total. The van der Waals surface area contributed by atoms with Gasteiger partial charge < -0.3 is 9.84 Å². The SMILES string of the molecule is Cc1cc(NC(=O)CN2CCC[C@@H](c3nc4ccccc4s3)C2)no1. The molecule has 1 aliphatic rings. The number of hydrogen-bond acceptors (Lipinski definition) is 6. The van der Waals surface area contributed by atoms with Crippen molar-refractivity contribution >= 4 is 33.3 Å². The number of likely N-dealkylation sites (tertiary alicyclic amines) is 1. The summed E-state index contributed by atoms with van der Waals surface area (Å²) in [7, 11) is 0. The fraction of sp³-hybridized carbons (Fsp3) is 0.389. The number of amides is 1. The molecule has 1 aliphatic heterocycles. The second-order valence-electron chi connectivity index (χ2n) is 6.47. The van der Waals surface area contributed by atoms with E-state index < -0.39 is 0 Å². The number of fused-ring (bicyclic) bond motifs is 1. The van der Waals surface area contributed by atoms with Gasteiger partial charge in [0, 0.05) is 18.5 Å². The summed E-state index contributed by atoms with van der Waals surface area (Å²) in [5.41, 5.74) is 1.07. The molecule has 3 aromatic rings. The van der Waals surface area contributed by atoms with Crippen LogP contribution in [0.15, 0.2) is 34.9 Å². The van der Waals surface area contributed by atoms with Crippen molar-refractivity contribution in [2.45, 2.75) is 25.7 Å². The average Bonchev–Trinajstić information content (AvgIpc) is 3.21. The number of rotatable bonds is 4. The minimum atomic E-state index is -0.0572. The van der Waals surface area contributed by atoms with E-state index in [2.05, 4.69) is 27.5 Å². The minimum Gasteiger partial charge on any atom is -0.360 e. The summed E-state index contributed by atoms with van der Waals surface area (Å²) in [4.78, 5) is 19.2. The van der Waals surface area contributed by atoms with Gasteiger partial charge in [-0.05, 0) is 38.4 Å². The van der Waals surface area contributed by atoms with Crippen LogP contribution in [0.3, 0.4) is 0 Å². The van der Waals surface area contributed by atoms with Gasteiger partial charge in [0.05, 0.1) is 21.8 Å². The summed E-state index contributed by atoms with van der Waals surface area (Å²) < 4.78 is 6.20. The van der Waals surface area contributed by atoms with Crippen molar-refractivity contribution in [1.29, 1.82) is 0 Å². The van der Waals surface area contributed by atoms with Crippen LogP contribution in [0.4, 0.5) is 5.82 Å². The molecule has 130 valence electrons. The van der Waals surface area contributed by atoms with Crippen molar-refractivity contribution in [3.8, 4) is 0 Å². The number of nitrogens with zero attached hydrogens (tertiary/aromatic N) is 3. The smallest absolute Gasteiger partial charge is 0.239 e. The number of para-hydroxylation sites is 1. The molecule has 1 aromatic carbocycles. The van der Waals surface area contributed by atoms with Gasteiger partial charge in [-0.15, -0.1) is 11.3 Å². The Hall–Kier alpha value is -2.25. The number of aryl methyl sites for hydroxylation is 1. The van der Waals surface area contributed by atoms with Crippen molar-refractivity contribution in [2.75, 3.05) is 25.0 Å². The number of piperidine rings is 1. The molecular weight excluding hydrogens is 336 g/mol. The summed E-state index contributed by atoms with van der Waals surface area (Å²) in [5, 5.41) is 7.77. The first kappa shape index (κ1) is 16.2. The third-order valence-electron chi connectivity index (χ3n) is 4.43. The molecule has 0 unspecified atom stereocenters. The van der Waals surface area contributed by atoms with Crippen LogP contribution in [0, 0.1) is 6.92 Å². The van der Waals surface area contributed by atoms with Crippen LogP contribution in [0.2, 0.25) is 0 Å². The molecule has 0 spiro atoms. The van der Waals surface area contributed by atoms with Gasteiger partial charge in [0.2, 0.25) is 5.91 Å². The molecule has 25 heavy (non-hydrogen) atoms. The Balaban J connectivity index is 1.39. The van der Waals surface area contributed by atoms with Crippen LogP contribution in [0.5, 0.6) is 0 Å². The Morgan fingerprint density at radius 3 is 3.12 bits per heavy atom.